The number of rotatable bonds is 3. The van der Waals surface area contributed by atoms with Gasteiger partial charge in [-0.05, 0) is 30.7 Å². The zero-order chi connectivity index (χ0) is 17.2. The Morgan fingerprint density at radius 1 is 1.20 bits per heavy atom. The molecule has 0 aliphatic carbocycles. The summed E-state index contributed by atoms with van der Waals surface area (Å²) in [6.45, 7) is 3.10. The number of likely N-dealkylation sites (tertiary alicyclic amines) is 1. The molecule has 0 atom stereocenters. The normalized spacial score (nSPS) is 14.2. The summed E-state index contributed by atoms with van der Waals surface area (Å²) < 4.78 is 5.35. The lowest BCUT2D eigenvalue weighted by molar-refractivity contribution is 0.147. The molecule has 0 radical (unpaired) electrons. The van der Waals surface area contributed by atoms with Crippen LogP contribution in [0.5, 0.6) is 0 Å². The monoisotopic (exact) mass is 335 g/mol. The van der Waals surface area contributed by atoms with Gasteiger partial charge in [-0.15, -0.1) is 0 Å². The van der Waals surface area contributed by atoms with Gasteiger partial charge in [0, 0.05) is 36.7 Å². The summed E-state index contributed by atoms with van der Waals surface area (Å²) >= 11 is 0. The van der Waals surface area contributed by atoms with Crippen LogP contribution in [0, 0.1) is 6.92 Å². The maximum atomic E-state index is 12.3. The van der Waals surface area contributed by atoms with Gasteiger partial charge in [-0.1, -0.05) is 23.4 Å². The number of carbonyl (C=O) groups is 1. The van der Waals surface area contributed by atoms with E-state index in [0.29, 0.717) is 24.8 Å². The van der Waals surface area contributed by atoms with Crippen molar-refractivity contribution in [3.8, 4) is 11.4 Å². The molecule has 1 aliphatic heterocycles. The van der Waals surface area contributed by atoms with Crippen molar-refractivity contribution in [3.05, 3.63) is 60.2 Å². The SMILES string of the molecule is Cc1ccccc1NC(=O)N1CC(c2nc(-c3ccncc3)no2)C1. The fourth-order valence-electron chi connectivity index (χ4n) is 2.73. The summed E-state index contributed by atoms with van der Waals surface area (Å²) in [4.78, 5) is 22.4. The minimum atomic E-state index is -0.112. The average molecular weight is 335 g/mol. The van der Waals surface area contributed by atoms with E-state index in [9.17, 15) is 4.79 Å². The number of pyridine rings is 1. The van der Waals surface area contributed by atoms with Crippen molar-refractivity contribution in [2.75, 3.05) is 18.4 Å². The molecule has 1 N–H and O–H groups in total. The van der Waals surface area contributed by atoms with E-state index in [0.717, 1.165) is 16.8 Å². The first-order valence-corrected chi connectivity index (χ1v) is 8.06. The number of nitrogens with zero attached hydrogens (tertiary/aromatic N) is 4. The highest BCUT2D eigenvalue weighted by Gasteiger charge is 2.35. The van der Waals surface area contributed by atoms with Crippen LogP contribution in [0.25, 0.3) is 11.4 Å². The van der Waals surface area contributed by atoms with Crippen molar-refractivity contribution in [3.63, 3.8) is 0 Å². The largest absolute Gasteiger partial charge is 0.339 e. The molecule has 0 bridgehead atoms. The Morgan fingerprint density at radius 2 is 1.96 bits per heavy atom. The van der Waals surface area contributed by atoms with Gasteiger partial charge in [0.05, 0.1) is 5.92 Å². The number of hydrogen-bond acceptors (Lipinski definition) is 5. The number of carbonyl (C=O) groups excluding carboxylic acids is 1. The Hall–Kier alpha value is -3.22. The van der Waals surface area contributed by atoms with Crippen LogP contribution in [-0.4, -0.2) is 39.1 Å². The lowest BCUT2D eigenvalue weighted by atomic mass is 10.0. The summed E-state index contributed by atoms with van der Waals surface area (Å²) in [6, 6.07) is 11.3. The van der Waals surface area contributed by atoms with E-state index < -0.39 is 0 Å². The zero-order valence-corrected chi connectivity index (χ0v) is 13.7. The predicted octanol–water partition coefficient (Wildman–Crippen LogP) is 3.07. The first-order valence-electron chi connectivity index (χ1n) is 8.06. The average Bonchev–Trinajstić information content (AvgIpc) is 3.06. The van der Waals surface area contributed by atoms with Crippen molar-refractivity contribution < 1.29 is 9.32 Å². The lowest BCUT2D eigenvalue weighted by Gasteiger charge is -2.37. The second kappa shape index (κ2) is 6.35. The van der Waals surface area contributed by atoms with Crippen molar-refractivity contribution in [2.45, 2.75) is 12.8 Å². The molecule has 126 valence electrons. The molecule has 1 aromatic carbocycles. The van der Waals surface area contributed by atoms with Gasteiger partial charge in [0.1, 0.15) is 0 Å². The highest BCUT2D eigenvalue weighted by molar-refractivity contribution is 5.90. The summed E-state index contributed by atoms with van der Waals surface area (Å²) in [5.74, 6) is 1.18. The molecule has 2 amide bonds. The van der Waals surface area contributed by atoms with E-state index in [1.807, 2.05) is 43.3 Å². The molecule has 0 unspecified atom stereocenters. The van der Waals surface area contributed by atoms with Crippen LogP contribution < -0.4 is 5.32 Å². The Labute approximate surface area is 144 Å². The van der Waals surface area contributed by atoms with Gasteiger partial charge in [-0.2, -0.15) is 4.98 Å². The molecule has 3 aromatic rings. The molecule has 1 aliphatic rings. The molecule has 3 heterocycles. The van der Waals surface area contributed by atoms with Gasteiger partial charge >= 0.3 is 6.03 Å². The molecule has 0 spiro atoms. The lowest BCUT2D eigenvalue weighted by Crippen LogP contribution is -2.50. The molecule has 0 saturated carbocycles. The Balaban J connectivity index is 1.37. The fourth-order valence-corrected chi connectivity index (χ4v) is 2.73. The van der Waals surface area contributed by atoms with Crippen molar-refractivity contribution in [2.24, 2.45) is 0 Å². The number of hydrogen-bond donors (Lipinski definition) is 1. The number of aryl methyl sites for hydroxylation is 1. The predicted molar refractivity (Wildman–Crippen MR) is 92.0 cm³/mol. The highest BCUT2D eigenvalue weighted by Crippen LogP contribution is 2.28. The summed E-state index contributed by atoms with van der Waals surface area (Å²) in [5.41, 5.74) is 2.72. The zero-order valence-electron chi connectivity index (χ0n) is 13.7. The first kappa shape index (κ1) is 15.3. The van der Waals surface area contributed by atoms with E-state index in [1.54, 1.807) is 17.3 Å². The van der Waals surface area contributed by atoms with E-state index in [4.69, 9.17) is 4.52 Å². The maximum Gasteiger partial charge on any atom is 0.321 e. The summed E-state index contributed by atoms with van der Waals surface area (Å²) in [6.07, 6.45) is 3.37. The molecule has 7 heteroatoms. The van der Waals surface area contributed by atoms with Gasteiger partial charge in [0.15, 0.2) is 0 Å². The standard InChI is InChI=1S/C18H17N5O2/c1-12-4-2-3-5-15(12)20-18(24)23-10-14(11-23)17-21-16(22-25-17)13-6-8-19-9-7-13/h2-9,14H,10-11H2,1H3,(H,20,24). The molecule has 2 aromatic heterocycles. The van der Waals surface area contributed by atoms with E-state index in [2.05, 4.69) is 20.4 Å². The number of nitrogens with one attached hydrogen (secondary N) is 1. The van der Waals surface area contributed by atoms with Crippen molar-refractivity contribution >= 4 is 11.7 Å². The van der Waals surface area contributed by atoms with Gasteiger partial charge in [-0.25, -0.2) is 4.79 Å². The van der Waals surface area contributed by atoms with Gasteiger partial charge < -0.3 is 14.7 Å². The second-order valence-corrected chi connectivity index (χ2v) is 6.04. The quantitative estimate of drug-likeness (QED) is 0.795. The minimum Gasteiger partial charge on any atom is -0.339 e. The van der Waals surface area contributed by atoms with Crippen molar-refractivity contribution in [1.82, 2.24) is 20.0 Å². The second-order valence-electron chi connectivity index (χ2n) is 6.04. The van der Waals surface area contributed by atoms with Crippen LogP contribution >= 0.6 is 0 Å². The van der Waals surface area contributed by atoms with Crippen molar-refractivity contribution in [1.29, 1.82) is 0 Å². The van der Waals surface area contributed by atoms with Gasteiger partial charge in [0.2, 0.25) is 11.7 Å². The van der Waals surface area contributed by atoms with Crippen LogP contribution in [0.3, 0.4) is 0 Å². The minimum absolute atomic E-state index is 0.0747. The van der Waals surface area contributed by atoms with Crippen LogP contribution in [0.4, 0.5) is 10.5 Å². The number of amides is 2. The van der Waals surface area contributed by atoms with Gasteiger partial charge in [-0.3, -0.25) is 4.98 Å². The topological polar surface area (TPSA) is 84.2 Å². The first-order chi connectivity index (χ1) is 12.2. The molecular formula is C18H17N5O2. The molecular weight excluding hydrogens is 318 g/mol. The number of benzene rings is 1. The molecule has 1 saturated heterocycles. The summed E-state index contributed by atoms with van der Waals surface area (Å²) in [5, 5.41) is 6.93. The Bertz CT molecular complexity index is 887. The van der Waals surface area contributed by atoms with Crippen LogP contribution in [-0.2, 0) is 0 Å². The summed E-state index contributed by atoms with van der Waals surface area (Å²) in [7, 11) is 0. The van der Waals surface area contributed by atoms with E-state index in [1.165, 1.54) is 0 Å². The van der Waals surface area contributed by atoms with Crippen LogP contribution in [0.2, 0.25) is 0 Å². The maximum absolute atomic E-state index is 12.3. The Kier molecular flexibility index (Phi) is 3.89. The van der Waals surface area contributed by atoms with E-state index >= 15 is 0 Å². The van der Waals surface area contributed by atoms with Crippen LogP contribution in [0.1, 0.15) is 17.4 Å². The molecule has 4 rings (SSSR count). The smallest absolute Gasteiger partial charge is 0.321 e. The molecule has 1 fully saturated rings. The number of para-hydroxylation sites is 1. The number of urea groups is 1. The number of aromatic nitrogens is 3. The Morgan fingerprint density at radius 3 is 2.72 bits per heavy atom. The number of anilines is 1. The third kappa shape index (κ3) is 3.08. The van der Waals surface area contributed by atoms with E-state index in [-0.39, 0.29) is 11.9 Å². The van der Waals surface area contributed by atoms with Gasteiger partial charge in [0.25, 0.3) is 0 Å². The third-order valence-corrected chi connectivity index (χ3v) is 4.28. The molecule has 7 nitrogen and oxygen atoms in total. The van der Waals surface area contributed by atoms with Crippen LogP contribution in [0.15, 0.2) is 53.3 Å². The molecule has 25 heavy (non-hydrogen) atoms. The highest BCUT2D eigenvalue weighted by atomic mass is 16.5. The fraction of sp³-hybridized carbons (Fsp3) is 0.222. The third-order valence-electron chi connectivity index (χ3n) is 4.28.